The maximum atomic E-state index is 13.0. The summed E-state index contributed by atoms with van der Waals surface area (Å²) in [7, 11) is 1.64. The van der Waals surface area contributed by atoms with E-state index in [4.69, 9.17) is 9.47 Å². The topological polar surface area (TPSA) is 65.4 Å². The molecule has 2 heterocycles. The standard InChI is InChI=1S/C21H20FN3O3/c1-27-17-8-4-14(5-9-17)19-12-25-11-18(28-13-20(25)24-19)10-23-21(26)15-2-6-16(22)7-3-15/h2-9,12,18H,10-11,13H2,1H3,(H,23,26)/t18-/m0/s1. The molecule has 28 heavy (non-hydrogen) atoms. The highest BCUT2D eigenvalue weighted by molar-refractivity contribution is 5.94. The Morgan fingerprint density at radius 3 is 2.71 bits per heavy atom. The van der Waals surface area contributed by atoms with E-state index in [1.165, 1.54) is 24.3 Å². The smallest absolute Gasteiger partial charge is 0.251 e. The van der Waals surface area contributed by atoms with E-state index in [0.29, 0.717) is 25.3 Å². The molecule has 0 fully saturated rings. The van der Waals surface area contributed by atoms with Gasteiger partial charge in [-0.15, -0.1) is 0 Å². The van der Waals surface area contributed by atoms with E-state index in [2.05, 4.69) is 14.9 Å². The van der Waals surface area contributed by atoms with Gasteiger partial charge in [0, 0.05) is 23.9 Å². The van der Waals surface area contributed by atoms with Crippen LogP contribution in [-0.4, -0.2) is 35.2 Å². The highest BCUT2D eigenvalue weighted by atomic mass is 19.1. The van der Waals surface area contributed by atoms with Gasteiger partial charge in [0.25, 0.3) is 5.91 Å². The summed E-state index contributed by atoms with van der Waals surface area (Å²) < 4.78 is 26.0. The van der Waals surface area contributed by atoms with E-state index >= 15 is 0 Å². The SMILES string of the molecule is COc1ccc(-c2cn3c(n2)CO[C@@H](CNC(=O)c2ccc(F)cc2)C3)cc1. The van der Waals surface area contributed by atoms with Crippen LogP contribution >= 0.6 is 0 Å². The molecule has 3 aromatic rings. The van der Waals surface area contributed by atoms with E-state index < -0.39 is 0 Å². The molecule has 4 rings (SSSR count). The lowest BCUT2D eigenvalue weighted by atomic mass is 10.1. The third-order valence-electron chi connectivity index (χ3n) is 4.69. The second-order valence-electron chi connectivity index (χ2n) is 6.57. The number of benzene rings is 2. The minimum Gasteiger partial charge on any atom is -0.497 e. The van der Waals surface area contributed by atoms with Crippen LogP contribution in [0.4, 0.5) is 4.39 Å². The number of nitrogens with zero attached hydrogens (tertiary/aromatic N) is 2. The number of hydrogen-bond donors (Lipinski definition) is 1. The van der Waals surface area contributed by atoms with Gasteiger partial charge in [0.1, 0.15) is 24.0 Å². The first-order chi connectivity index (χ1) is 13.6. The van der Waals surface area contributed by atoms with Crippen LogP contribution in [-0.2, 0) is 17.9 Å². The molecule has 1 atom stereocenters. The lowest BCUT2D eigenvalue weighted by Gasteiger charge is -2.24. The average Bonchev–Trinajstić information content (AvgIpc) is 3.16. The first-order valence-corrected chi connectivity index (χ1v) is 8.98. The summed E-state index contributed by atoms with van der Waals surface area (Å²) in [4.78, 5) is 16.8. The Morgan fingerprint density at radius 2 is 2.00 bits per heavy atom. The number of methoxy groups -OCH3 is 1. The Kier molecular flexibility index (Phi) is 5.08. The van der Waals surface area contributed by atoms with E-state index in [1.807, 2.05) is 30.5 Å². The number of halogens is 1. The Balaban J connectivity index is 1.38. The van der Waals surface area contributed by atoms with Crippen molar-refractivity contribution in [3.8, 4) is 17.0 Å². The fourth-order valence-corrected chi connectivity index (χ4v) is 3.13. The van der Waals surface area contributed by atoms with Gasteiger partial charge in [0.2, 0.25) is 0 Å². The van der Waals surface area contributed by atoms with Crippen LogP contribution in [0.2, 0.25) is 0 Å². The molecule has 1 aliphatic rings. The minimum atomic E-state index is -0.368. The molecule has 0 bridgehead atoms. The van der Waals surface area contributed by atoms with Gasteiger partial charge >= 0.3 is 0 Å². The summed E-state index contributed by atoms with van der Waals surface area (Å²) in [6.45, 7) is 1.35. The van der Waals surface area contributed by atoms with E-state index in [0.717, 1.165) is 22.8 Å². The largest absolute Gasteiger partial charge is 0.497 e. The number of amides is 1. The quantitative estimate of drug-likeness (QED) is 0.738. The molecule has 0 aliphatic carbocycles. The van der Waals surface area contributed by atoms with Gasteiger partial charge in [-0.05, 0) is 48.5 Å². The van der Waals surface area contributed by atoms with Crippen LogP contribution in [0.1, 0.15) is 16.2 Å². The second kappa shape index (κ2) is 7.82. The van der Waals surface area contributed by atoms with Crippen LogP contribution < -0.4 is 10.1 Å². The monoisotopic (exact) mass is 381 g/mol. The number of imidazole rings is 1. The molecule has 7 heteroatoms. The van der Waals surface area contributed by atoms with Crippen molar-refractivity contribution in [3.63, 3.8) is 0 Å². The summed E-state index contributed by atoms with van der Waals surface area (Å²) >= 11 is 0. The summed E-state index contributed by atoms with van der Waals surface area (Å²) in [6.07, 6.45) is 1.84. The molecule has 0 saturated carbocycles. The first kappa shape index (κ1) is 18.2. The Bertz CT molecular complexity index is 968. The molecule has 2 aromatic carbocycles. The van der Waals surface area contributed by atoms with E-state index in [1.54, 1.807) is 7.11 Å². The molecule has 1 aliphatic heterocycles. The molecular formula is C21H20FN3O3. The molecule has 1 amide bonds. The van der Waals surface area contributed by atoms with Crippen LogP contribution in [0, 0.1) is 5.82 Å². The van der Waals surface area contributed by atoms with E-state index in [-0.39, 0.29) is 17.8 Å². The number of nitrogens with one attached hydrogen (secondary N) is 1. The fourth-order valence-electron chi connectivity index (χ4n) is 3.13. The van der Waals surface area contributed by atoms with Crippen molar-refractivity contribution in [2.75, 3.05) is 13.7 Å². The highest BCUT2D eigenvalue weighted by Crippen LogP contribution is 2.24. The van der Waals surface area contributed by atoms with Crippen molar-refractivity contribution in [2.24, 2.45) is 0 Å². The number of aromatic nitrogens is 2. The number of fused-ring (bicyclic) bond motifs is 1. The molecule has 144 valence electrons. The van der Waals surface area contributed by atoms with Gasteiger partial charge in [-0.25, -0.2) is 9.37 Å². The normalized spacial score (nSPS) is 15.7. The first-order valence-electron chi connectivity index (χ1n) is 8.98. The maximum Gasteiger partial charge on any atom is 0.251 e. The lowest BCUT2D eigenvalue weighted by Crippen LogP contribution is -2.38. The van der Waals surface area contributed by atoms with Gasteiger partial charge in [0.05, 0.1) is 25.5 Å². The molecule has 1 N–H and O–H groups in total. The van der Waals surface area contributed by atoms with Crippen molar-refractivity contribution in [3.05, 3.63) is 71.9 Å². The van der Waals surface area contributed by atoms with Gasteiger partial charge in [-0.1, -0.05) is 0 Å². The zero-order chi connectivity index (χ0) is 19.5. The molecule has 0 spiro atoms. The van der Waals surface area contributed by atoms with Crippen molar-refractivity contribution >= 4 is 5.91 Å². The second-order valence-corrected chi connectivity index (χ2v) is 6.57. The molecule has 1 aromatic heterocycles. The zero-order valence-corrected chi connectivity index (χ0v) is 15.4. The Hall–Kier alpha value is -3.19. The van der Waals surface area contributed by atoms with Crippen LogP contribution in [0.25, 0.3) is 11.3 Å². The lowest BCUT2D eigenvalue weighted by molar-refractivity contribution is 0.00327. The van der Waals surface area contributed by atoms with Crippen molar-refractivity contribution in [1.29, 1.82) is 0 Å². The number of ether oxygens (including phenoxy) is 2. The van der Waals surface area contributed by atoms with Crippen molar-refractivity contribution < 1.29 is 18.7 Å². The molecular weight excluding hydrogens is 361 g/mol. The molecule has 0 saturated heterocycles. The molecule has 0 radical (unpaired) electrons. The van der Waals surface area contributed by atoms with Crippen LogP contribution in [0.5, 0.6) is 5.75 Å². The third kappa shape index (κ3) is 3.89. The summed E-state index contributed by atoms with van der Waals surface area (Å²) in [5.74, 6) is 1.03. The number of rotatable bonds is 5. The predicted molar refractivity (Wildman–Crippen MR) is 102 cm³/mol. The average molecular weight is 381 g/mol. The summed E-state index contributed by atoms with van der Waals surface area (Å²) in [5, 5.41) is 2.84. The Labute approximate surface area is 161 Å². The minimum absolute atomic E-state index is 0.158. The summed E-state index contributed by atoms with van der Waals surface area (Å²) in [5.41, 5.74) is 2.29. The fraction of sp³-hybridized carbons (Fsp3) is 0.238. The van der Waals surface area contributed by atoms with Crippen LogP contribution in [0.3, 0.4) is 0 Å². The van der Waals surface area contributed by atoms with Gasteiger partial charge in [0.15, 0.2) is 0 Å². The maximum absolute atomic E-state index is 13.0. The Morgan fingerprint density at radius 1 is 1.25 bits per heavy atom. The molecule has 6 nitrogen and oxygen atoms in total. The number of hydrogen-bond acceptors (Lipinski definition) is 4. The third-order valence-corrected chi connectivity index (χ3v) is 4.69. The van der Waals surface area contributed by atoms with Gasteiger partial charge < -0.3 is 19.4 Å². The van der Waals surface area contributed by atoms with Crippen molar-refractivity contribution in [2.45, 2.75) is 19.3 Å². The van der Waals surface area contributed by atoms with Gasteiger partial charge in [-0.2, -0.15) is 0 Å². The van der Waals surface area contributed by atoms with Crippen molar-refractivity contribution in [1.82, 2.24) is 14.9 Å². The van der Waals surface area contributed by atoms with Gasteiger partial charge in [-0.3, -0.25) is 4.79 Å². The molecule has 0 unspecified atom stereocenters. The highest BCUT2D eigenvalue weighted by Gasteiger charge is 2.22. The number of carbonyl (C=O) groups is 1. The predicted octanol–water partition coefficient (Wildman–Crippen LogP) is 3.03. The number of carbonyl (C=O) groups excluding carboxylic acids is 1. The zero-order valence-electron chi connectivity index (χ0n) is 15.4. The van der Waals surface area contributed by atoms with Crippen LogP contribution in [0.15, 0.2) is 54.7 Å². The summed E-state index contributed by atoms with van der Waals surface area (Å²) in [6, 6.07) is 13.2. The van der Waals surface area contributed by atoms with E-state index in [9.17, 15) is 9.18 Å².